The van der Waals surface area contributed by atoms with E-state index in [4.69, 9.17) is 0 Å². The lowest BCUT2D eigenvalue weighted by atomic mass is 10.1. The van der Waals surface area contributed by atoms with E-state index >= 15 is 0 Å². The first-order chi connectivity index (χ1) is 4.77. The van der Waals surface area contributed by atoms with Crippen molar-refractivity contribution < 1.29 is 4.79 Å². The maximum atomic E-state index is 11.0. The van der Waals surface area contributed by atoms with E-state index in [1.807, 2.05) is 0 Å². The van der Waals surface area contributed by atoms with Crippen LogP contribution in [0.3, 0.4) is 0 Å². The Morgan fingerprint density at radius 2 is 1.64 bits per heavy atom. The molecule has 64 valence electrons. The first-order valence-electron chi connectivity index (χ1n) is 4.23. The number of carbonyl (C=O) groups excluding carboxylic acids is 1. The fraction of sp³-hybridized carbons (Fsp3) is 0.889. The van der Waals surface area contributed by atoms with Crippen LogP contribution in [0.5, 0.6) is 0 Å². The summed E-state index contributed by atoms with van der Waals surface area (Å²) in [5, 5.41) is 0.0833. The predicted molar refractivity (Wildman–Crippen MR) is 50.5 cm³/mol. The van der Waals surface area contributed by atoms with Gasteiger partial charge in [-0.2, -0.15) is 0 Å². The number of rotatable bonds is 2. The third-order valence-electron chi connectivity index (χ3n) is 3.34. The molecule has 0 N–H and O–H groups in total. The van der Waals surface area contributed by atoms with Crippen LogP contribution in [0.15, 0.2) is 0 Å². The quantitative estimate of drug-likeness (QED) is 0.460. The number of hydrogen-bond donors (Lipinski definition) is 0. The van der Waals surface area contributed by atoms with Crippen molar-refractivity contribution in [2.24, 2.45) is 5.41 Å². The lowest BCUT2D eigenvalue weighted by molar-refractivity contribution is -0.109. The molecule has 0 bridgehead atoms. The van der Waals surface area contributed by atoms with Gasteiger partial charge >= 0.3 is 0 Å². The van der Waals surface area contributed by atoms with Crippen LogP contribution in [0.1, 0.15) is 20.3 Å². The fourth-order valence-electron chi connectivity index (χ4n) is 2.31. The van der Waals surface area contributed by atoms with Gasteiger partial charge < -0.3 is 4.79 Å². The minimum absolute atomic E-state index is 0.0833. The predicted octanol–water partition coefficient (Wildman–Crippen LogP) is 2.69. The summed E-state index contributed by atoms with van der Waals surface area (Å²) in [6.45, 7) is 11.3. The summed E-state index contributed by atoms with van der Waals surface area (Å²) in [4.78, 5) is 11.0. The van der Waals surface area contributed by atoms with E-state index < -0.39 is 8.07 Å². The lowest BCUT2D eigenvalue weighted by Gasteiger charge is -2.27. The van der Waals surface area contributed by atoms with E-state index in [2.05, 4.69) is 33.5 Å². The van der Waals surface area contributed by atoms with E-state index in [1.54, 1.807) is 0 Å². The molecule has 0 aromatic carbocycles. The standard InChI is InChI=1S/C9H18OSi/c1-8(2)6-9(8,7-10)11(3,4)5/h7H,6H2,1-5H3. The summed E-state index contributed by atoms with van der Waals surface area (Å²) >= 11 is 0. The van der Waals surface area contributed by atoms with E-state index in [-0.39, 0.29) is 5.04 Å². The van der Waals surface area contributed by atoms with Gasteiger partial charge in [0, 0.05) is 5.04 Å². The van der Waals surface area contributed by atoms with Crippen molar-refractivity contribution in [3.8, 4) is 0 Å². The highest BCUT2D eigenvalue weighted by Gasteiger charge is 2.67. The Kier molecular flexibility index (Phi) is 1.61. The normalized spacial score (nSPS) is 35.0. The Balaban J connectivity index is 2.93. The molecule has 0 spiro atoms. The second kappa shape index (κ2) is 1.97. The second-order valence-corrected chi connectivity index (χ2v) is 10.8. The summed E-state index contributed by atoms with van der Waals surface area (Å²) in [7, 11) is -1.28. The van der Waals surface area contributed by atoms with Crippen molar-refractivity contribution in [3.05, 3.63) is 0 Å². The van der Waals surface area contributed by atoms with Gasteiger partial charge in [-0.15, -0.1) is 0 Å². The molecule has 1 saturated carbocycles. The Bertz CT molecular complexity index is 190. The molecule has 0 radical (unpaired) electrons. The van der Waals surface area contributed by atoms with Crippen LogP contribution in [-0.4, -0.2) is 14.4 Å². The zero-order chi connectivity index (χ0) is 8.91. The Labute approximate surface area is 70.2 Å². The van der Waals surface area contributed by atoms with Crippen molar-refractivity contribution in [3.63, 3.8) is 0 Å². The molecule has 11 heavy (non-hydrogen) atoms. The highest BCUT2D eigenvalue weighted by atomic mass is 28.3. The zero-order valence-corrected chi connectivity index (χ0v) is 9.19. The van der Waals surface area contributed by atoms with Gasteiger partial charge in [0.15, 0.2) is 0 Å². The average Bonchev–Trinajstić information content (AvgIpc) is 2.33. The van der Waals surface area contributed by atoms with E-state index in [0.29, 0.717) is 5.41 Å². The van der Waals surface area contributed by atoms with E-state index in [1.165, 1.54) is 6.29 Å². The smallest absolute Gasteiger partial charge is 0.123 e. The molecule has 1 aliphatic rings. The SMILES string of the molecule is CC1(C)CC1(C=O)[Si](C)(C)C. The van der Waals surface area contributed by atoms with Crippen LogP contribution >= 0.6 is 0 Å². The van der Waals surface area contributed by atoms with Gasteiger partial charge in [0.25, 0.3) is 0 Å². The van der Waals surface area contributed by atoms with Crippen LogP contribution in [0.25, 0.3) is 0 Å². The van der Waals surface area contributed by atoms with E-state index in [0.717, 1.165) is 6.42 Å². The van der Waals surface area contributed by atoms with Crippen molar-refractivity contribution >= 4 is 14.4 Å². The maximum Gasteiger partial charge on any atom is 0.123 e. The van der Waals surface area contributed by atoms with Gasteiger partial charge in [-0.3, -0.25) is 0 Å². The zero-order valence-electron chi connectivity index (χ0n) is 8.19. The van der Waals surface area contributed by atoms with Crippen LogP contribution in [-0.2, 0) is 4.79 Å². The summed E-state index contributed by atoms with van der Waals surface area (Å²) in [6.07, 6.45) is 2.33. The van der Waals surface area contributed by atoms with Crippen molar-refractivity contribution in [2.45, 2.75) is 44.9 Å². The van der Waals surface area contributed by atoms with Gasteiger partial charge in [-0.25, -0.2) is 0 Å². The third-order valence-corrected chi connectivity index (χ3v) is 6.99. The number of carbonyl (C=O) groups is 1. The van der Waals surface area contributed by atoms with Crippen molar-refractivity contribution in [1.82, 2.24) is 0 Å². The molecule has 1 atom stereocenters. The molecule has 1 aliphatic carbocycles. The maximum absolute atomic E-state index is 11.0. The van der Waals surface area contributed by atoms with E-state index in [9.17, 15) is 4.79 Å². The molecule has 1 fully saturated rings. The molecule has 0 heterocycles. The molecule has 0 aromatic rings. The molecule has 1 rings (SSSR count). The molecule has 0 amide bonds. The Hall–Kier alpha value is -0.113. The summed E-state index contributed by atoms with van der Waals surface area (Å²) in [5.41, 5.74) is 0.291. The topological polar surface area (TPSA) is 17.1 Å². The minimum atomic E-state index is -1.28. The highest BCUT2D eigenvalue weighted by Crippen LogP contribution is 2.72. The highest BCUT2D eigenvalue weighted by molar-refractivity contribution is 6.83. The molecule has 0 saturated heterocycles. The summed E-state index contributed by atoms with van der Waals surface area (Å²) in [5.74, 6) is 0. The van der Waals surface area contributed by atoms with Gasteiger partial charge in [0.05, 0.1) is 8.07 Å². The fourth-order valence-corrected chi connectivity index (χ4v) is 5.67. The first kappa shape index (κ1) is 8.98. The molecule has 0 aromatic heterocycles. The third kappa shape index (κ3) is 0.993. The first-order valence-corrected chi connectivity index (χ1v) is 7.73. The number of aldehydes is 1. The second-order valence-electron chi connectivity index (χ2n) is 5.40. The van der Waals surface area contributed by atoms with Crippen LogP contribution < -0.4 is 0 Å². The van der Waals surface area contributed by atoms with Crippen LogP contribution in [0, 0.1) is 5.41 Å². The molecular weight excluding hydrogens is 152 g/mol. The molecule has 1 unspecified atom stereocenters. The molecule has 2 heteroatoms. The van der Waals surface area contributed by atoms with Crippen LogP contribution in [0.4, 0.5) is 0 Å². The lowest BCUT2D eigenvalue weighted by Crippen LogP contribution is -2.33. The van der Waals surface area contributed by atoms with Gasteiger partial charge in [-0.05, 0) is 11.8 Å². The average molecular weight is 170 g/mol. The van der Waals surface area contributed by atoms with Crippen LogP contribution in [0.2, 0.25) is 24.7 Å². The Morgan fingerprint density at radius 3 is 1.64 bits per heavy atom. The van der Waals surface area contributed by atoms with Crippen molar-refractivity contribution in [2.75, 3.05) is 0 Å². The largest absolute Gasteiger partial charge is 0.303 e. The van der Waals surface area contributed by atoms with Crippen molar-refractivity contribution in [1.29, 1.82) is 0 Å². The summed E-state index contributed by atoms with van der Waals surface area (Å²) < 4.78 is 0. The molecular formula is C9H18OSi. The molecule has 0 aliphatic heterocycles. The Morgan fingerprint density at radius 1 is 1.27 bits per heavy atom. The van der Waals surface area contributed by atoms with Gasteiger partial charge in [-0.1, -0.05) is 33.5 Å². The monoisotopic (exact) mass is 170 g/mol. The molecule has 1 nitrogen and oxygen atoms in total. The number of hydrogen-bond acceptors (Lipinski definition) is 1. The van der Waals surface area contributed by atoms with Gasteiger partial charge in [0.2, 0.25) is 0 Å². The minimum Gasteiger partial charge on any atom is -0.303 e. The summed E-state index contributed by atoms with van der Waals surface area (Å²) in [6, 6.07) is 0. The van der Waals surface area contributed by atoms with Gasteiger partial charge in [0.1, 0.15) is 6.29 Å².